The highest BCUT2D eigenvalue weighted by molar-refractivity contribution is 9.10. The minimum Gasteiger partial charge on any atom is -0.481 e. The van der Waals surface area contributed by atoms with Crippen LogP contribution in [0.15, 0.2) is 64.0 Å². The molecule has 0 spiro atoms. The van der Waals surface area contributed by atoms with Crippen LogP contribution in [0.25, 0.3) is 10.8 Å². The SMILES string of the molecule is Cc1ccc(S(=O)(=O)N(C)C)cc1NC(=O)C(C)Oc1ccc2cc(Br)ccc2c1. The van der Waals surface area contributed by atoms with E-state index in [1.54, 1.807) is 19.9 Å². The van der Waals surface area contributed by atoms with Crippen molar-refractivity contribution in [3.63, 3.8) is 0 Å². The highest BCUT2D eigenvalue weighted by Crippen LogP contribution is 2.26. The molecule has 3 rings (SSSR count). The summed E-state index contributed by atoms with van der Waals surface area (Å²) in [7, 11) is -0.669. The summed E-state index contributed by atoms with van der Waals surface area (Å²) in [6.07, 6.45) is -0.772. The van der Waals surface area contributed by atoms with Gasteiger partial charge >= 0.3 is 0 Å². The summed E-state index contributed by atoms with van der Waals surface area (Å²) in [5, 5.41) is 4.83. The van der Waals surface area contributed by atoms with E-state index in [0.717, 1.165) is 25.1 Å². The van der Waals surface area contributed by atoms with E-state index >= 15 is 0 Å². The van der Waals surface area contributed by atoms with Gasteiger partial charge in [0, 0.05) is 24.3 Å². The molecule has 0 aliphatic carbocycles. The maximum atomic E-state index is 12.7. The van der Waals surface area contributed by atoms with Crippen molar-refractivity contribution in [3.05, 3.63) is 64.6 Å². The lowest BCUT2D eigenvalue weighted by atomic mass is 10.1. The summed E-state index contributed by atoms with van der Waals surface area (Å²) in [6, 6.07) is 16.2. The second-order valence-electron chi connectivity index (χ2n) is 7.17. The first kappa shape index (κ1) is 22.3. The molecule has 6 nitrogen and oxygen atoms in total. The molecular weight excluding hydrogens is 468 g/mol. The summed E-state index contributed by atoms with van der Waals surface area (Å²) in [5.74, 6) is 0.210. The number of aryl methyl sites for hydroxylation is 1. The van der Waals surface area contributed by atoms with E-state index in [1.807, 2.05) is 36.4 Å². The van der Waals surface area contributed by atoms with E-state index in [4.69, 9.17) is 4.74 Å². The van der Waals surface area contributed by atoms with E-state index in [9.17, 15) is 13.2 Å². The van der Waals surface area contributed by atoms with Gasteiger partial charge in [0.2, 0.25) is 10.0 Å². The van der Waals surface area contributed by atoms with Gasteiger partial charge in [0.15, 0.2) is 6.10 Å². The number of rotatable bonds is 6. The Labute approximate surface area is 185 Å². The summed E-state index contributed by atoms with van der Waals surface area (Å²) in [4.78, 5) is 12.8. The molecule has 1 atom stereocenters. The summed E-state index contributed by atoms with van der Waals surface area (Å²) in [6.45, 7) is 3.45. The number of carbonyl (C=O) groups excluding carboxylic acids is 1. The molecule has 0 heterocycles. The third-order valence-electron chi connectivity index (χ3n) is 4.70. The van der Waals surface area contributed by atoms with E-state index in [-0.39, 0.29) is 10.8 Å². The van der Waals surface area contributed by atoms with Crippen molar-refractivity contribution < 1.29 is 17.9 Å². The second-order valence-corrected chi connectivity index (χ2v) is 10.2. The lowest BCUT2D eigenvalue weighted by Gasteiger charge is -2.17. The molecule has 0 aliphatic heterocycles. The number of fused-ring (bicyclic) bond motifs is 1. The first-order valence-corrected chi connectivity index (χ1v) is 11.5. The molecule has 0 bridgehead atoms. The van der Waals surface area contributed by atoms with Gasteiger partial charge in [0.05, 0.1) is 4.90 Å². The lowest BCUT2D eigenvalue weighted by molar-refractivity contribution is -0.122. The fourth-order valence-corrected chi connectivity index (χ4v) is 4.17. The third kappa shape index (κ3) is 4.83. The second kappa shape index (κ2) is 8.75. The molecule has 0 saturated carbocycles. The van der Waals surface area contributed by atoms with Gasteiger partial charge in [-0.2, -0.15) is 0 Å². The Morgan fingerprint density at radius 3 is 2.40 bits per heavy atom. The van der Waals surface area contributed by atoms with Crippen molar-refractivity contribution in [2.45, 2.75) is 24.8 Å². The van der Waals surface area contributed by atoms with Gasteiger partial charge in [-0.3, -0.25) is 4.79 Å². The molecule has 0 aromatic heterocycles. The maximum absolute atomic E-state index is 12.7. The largest absolute Gasteiger partial charge is 0.481 e. The number of nitrogens with one attached hydrogen (secondary N) is 1. The summed E-state index contributed by atoms with van der Waals surface area (Å²) < 4.78 is 32.7. The van der Waals surface area contributed by atoms with Crippen LogP contribution in [0.5, 0.6) is 5.75 Å². The Balaban J connectivity index is 1.76. The summed E-state index contributed by atoms with van der Waals surface area (Å²) >= 11 is 3.45. The normalized spacial score (nSPS) is 12.7. The van der Waals surface area contributed by atoms with Gasteiger partial charge in [-0.25, -0.2) is 12.7 Å². The van der Waals surface area contributed by atoms with E-state index < -0.39 is 16.1 Å². The van der Waals surface area contributed by atoms with Crippen LogP contribution in [0.4, 0.5) is 5.69 Å². The number of anilines is 1. The van der Waals surface area contributed by atoms with Crippen LogP contribution in [0.3, 0.4) is 0 Å². The van der Waals surface area contributed by atoms with Crippen LogP contribution < -0.4 is 10.1 Å². The van der Waals surface area contributed by atoms with Crippen LogP contribution >= 0.6 is 15.9 Å². The Morgan fingerprint density at radius 1 is 1.03 bits per heavy atom. The number of carbonyl (C=O) groups is 1. The number of nitrogens with zero attached hydrogens (tertiary/aromatic N) is 1. The molecule has 0 fully saturated rings. The Kier molecular flexibility index (Phi) is 6.50. The number of hydrogen-bond acceptors (Lipinski definition) is 4. The zero-order valence-corrected chi connectivity index (χ0v) is 19.5. The molecule has 1 N–H and O–H groups in total. The highest BCUT2D eigenvalue weighted by atomic mass is 79.9. The molecule has 8 heteroatoms. The van der Waals surface area contributed by atoms with Gasteiger partial charge in [-0.05, 0) is 66.6 Å². The predicted octanol–water partition coefficient (Wildman–Crippen LogP) is 4.57. The molecule has 0 aliphatic rings. The smallest absolute Gasteiger partial charge is 0.265 e. The Hall–Kier alpha value is -2.42. The fourth-order valence-electron chi connectivity index (χ4n) is 2.87. The summed E-state index contributed by atoms with van der Waals surface area (Å²) in [5.41, 5.74) is 1.19. The predicted molar refractivity (Wildman–Crippen MR) is 122 cm³/mol. The monoisotopic (exact) mass is 490 g/mol. The molecular formula is C22H23BrN2O4S. The zero-order chi connectivity index (χ0) is 22.1. The molecule has 3 aromatic rings. The quantitative estimate of drug-likeness (QED) is 0.549. The van der Waals surface area contributed by atoms with Crippen molar-refractivity contribution in [3.8, 4) is 5.75 Å². The minimum absolute atomic E-state index is 0.114. The molecule has 3 aromatic carbocycles. The number of sulfonamides is 1. The third-order valence-corrected chi connectivity index (χ3v) is 7.01. The zero-order valence-electron chi connectivity index (χ0n) is 17.1. The number of halogens is 1. The number of hydrogen-bond donors (Lipinski definition) is 1. The Bertz CT molecular complexity index is 1210. The van der Waals surface area contributed by atoms with Crippen molar-refractivity contribution >= 4 is 48.3 Å². The van der Waals surface area contributed by atoms with Crippen molar-refractivity contribution in [1.29, 1.82) is 0 Å². The van der Waals surface area contributed by atoms with Gasteiger partial charge < -0.3 is 10.1 Å². The number of benzene rings is 3. The number of amides is 1. The molecule has 1 unspecified atom stereocenters. The van der Waals surface area contributed by atoms with Gasteiger partial charge in [0.1, 0.15) is 5.75 Å². The van der Waals surface area contributed by atoms with Gasteiger partial charge in [-0.15, -0.1) is 0 Å². The molecule has 0 radical (unpaired) electrons. The van der Waals surface area contributed by atoms with Crippen LogP contribution in [0, 0.1) is 6.92 Å². The topological polar surface area (TPSA) is 75.7 Å². The van der Waals surface area contributed by atoms with Crippen LogP contribution in [-0.4, -0.2) is 38.8 Å². The van der Waals surface area contributed by atoms with E-state index in [1.165, 1.54) is 26.2 Å². The standard InChI is InChI=1S/C22H23BrN2O4S/c1-14-5-10-20(30(27,28)25(3)4)13-21(14)24-22(26)15(2)29-19-9-7-16-11-18(23)8-6-17(16)12-19/h5-13,15H,1-4H3,(H,24,26). The van der Waals surface area contributed by atoms with Crippen LogP contribution in [0.1, 0.15) is 12.5 Å². The van der Waals surface area contributed by atoms with Gasteiger partial charge in [-0.1, -0.05) is 34.1 Å². The van der Waals surface area contributed by atoms with Crippen molar-refractivity contribution in [1.82, 2.24) is 4.31 Å². The lowest BCUT2D eigenvalue weighted by Crippen LogP contribution is -2.30. The molecule has 158 valence electrons. The van der Waals surface area contributed by atoms with Gasteiger partial charge in [0.25, 0.3) is 5.91 Å². The minimum atomic E-state index is -3.60. The van der Waals surface area contributed by atoms with Crippen molar-refractivity contribution in [2.24, 2.45) is 0 Å². The fraction of sp³-hybridized carbons (Fsp3) is 0.227. The van der Waals surface area contributed by atoms with Crippen LogP contribution in [0.2, 0.25) is 0 Å². The molecule has 1 amide bonds. The Morgan fingerprint density at radius 2 is 1.70 bits per heavy atom. The number of ether oxygens (including phenoxy) is 1. The average Bonchev–Trinajstić information content (AvgIpc) is 2.69. The molecule has 30 heavy (non-hydrogen) atoms. The van der Waals surface area contributed by atoms with E-state index in [2.05, 4.69) is 21.2 Å². The van der Waals surface area contributed by atoms with Crippen LogP contribution in [-0.2, 0) is 14.8 Å². The highest BCUT2D eigenvalue weighted by Gasteiger charge is 2.20. The first-order chi connectivity index (χ1) is 14.1. The first-order valence-electron chi connectivity index (χ1n) is 9.28. The average molecular weight is 491 g/mol. The molecule has 0 saturated heterocycles. The van der Waals surface area contributed by atoms with Crippen molar-refractivity contribution in [2.75, 3.05) is 19.4 Å². The maximum Gasteiger partial charge on any atom is 0.265 e. The van der Waals surface area contributed by atoms with E-state index in [0.29, 0.717) is 11.4 Å².